The lowest BCUT2D eigenvalue weighted by molar-refractivity contribution is -0.149. The molecule has 126 valence electrons. The van der Waals surface area contributed by atoms with Crippen LogP contribution in [0.5, 0.6) is 0 Å². The van der Waals surface area contributed by atoms with Crippen LogP contribution in [-0.4, -0.2) is 36.5 Å². The molecular weight excluding hydrogens is 311 g/mol. The normalized spacial score (nSPS) is 18.6. The van der Waals surface area contributed by atoms with Crippen LogP contribution < -0.4 is 0 Å². The molecule has 0 radical (unpaired) electrons. The topological polar surface area (TPSA) is 46.6 Å². The molecule has 1 fully saturated rings. The first-order valence-electron chi connectivity index (χ1n) is 7.46. The van der Waals surface area contributed by atoms with Gasteiger partial charge in [-0.2, -0.15) is 13.2 Å². The molecule has 1 amide bonds. The molecule has 1 aromatic rings. The number of ether oxygens (including phenoxy) is 1. The number of amides is 1. The zero-order valence-corrected chi connectivity index (χ0v) is 12.7. The Kier molecular flexibility index (Phi) is 5.28. The zero-order chi connectivity index (χ0) is 17.0. The van der Waals surface area contributed by atoms with Gasteiger partial charge in [-0.05, 0) is 38.0 Å². The Labute approximate surface area is 132 Å². The number of piperidine rings is 1. The summed E-state index contributed by atoms with van der Waals surface area (Å²) in [7, 11) is 0. The first-order chi connectivity index (χ1) is 10.8. The second-order valence-corrected chi connectivity index (χ2v) is 5.42. The summed E-state index contributed by atoms with van der Waals surface area (Å²) < 4.78 is 43.2. The number of alkyl halides is 3. The first kappa shape index (κ1) is 17.3. The molecule has 1 unspecified atom stereocenters. The van der Waals surface area contributed by atoms with Crippen LogP contribution in [-0.2, 0) is 15.7 Å². The molecule has 0 N–H and O–H groups in total. The van der Waals surface area contributed by atoms with Crippen molar-refractivity contribution in [1.82, 2.24) is 4.90 Å². The van der Waals surface area contributed by atoms with Crippen molar-refractivity contribution in [3.05, 3.63) is 35.4 Å². The molecule has 7 heteroatoms. The Morgan fingerprint density at radius 3 is 2.74 bits per heavy atom. The fraction of sp³-hybridized carbons (Fsp3) is 0.500. The van der Waals surface area contributed by atoms with E-state index in [2.05, 4.69) is 0 Å². The second kappa shape index (κ2) is 7.02. The van der Waals surface area contributed by atoms with Gasteiger partial charge in [0.1, 0.15) is 0 Å². The monoisotopic (exact) mass is 329 g/mol. The molecule has 0 aliphatic carbocycles. The summed E-state index contributed by atoms with van der Waals surface area (Å²) in [5.41, 5.74) is -0.883. The van der Waals surface area contributed by atoms with E-state index in [0.717, 1.165) is 12.1 Å². The van der Waals surface area contributed by atoms with Crippen molar-refractivity contribution < 1.29 is 27.5 Å². The summed E-state index contributed by atoms with van der Waals surface area (Å²) in [5.74, 6) is -1.28. The summed E-state index contributed by atoms with van der Waals surface area (Å²) in [4.78, 5) is 25.6. The highest BCUT2D eigenvalue weighted by Crippen LogP contribution is 2.30. The number of esters is 1. The number of carbonyl (C=O) groups is 2. The molecular formula is C16H18F3NO3. The number of rotatable bonds is 3. The van der Waals surface area contributed by atoms with Gasteiger partial charge in [0.25, 0.3) is 5.91 Å². The van der Waals surface area contributed by atoms with Crippen LogP contribution in [0.4, 0.5) is 13.2 Å². The van der Waals surface area contributed by atoms with Gasteiger partial charge in [-0.3, -0.25) is 9.59 Å². The lowest BCUT2D eigenvalue weighted by Gasteiger charge is -2.31. The van der Waals surface area contributed by atoms with Crippen molar-refractivity contribution in [2.75, 3.05) is 19.7 Å². The second-order valence-electron chi connectivity index (χ2n) is 5.42. The van der Waals surface area contributed by atoms with Crippen LogP contribution in [0.15, 0.2) is 24.3 Å². The molecule has 1 aliphatic heterocycles. The molecule has 0 bridgehead atoms. The lowest BCUT2D eigenvalue weighted by atomic mass is 9.97. The van der Waals surface area contributed by atoms with E-state index in [1.54, 1.807) is 6.92 Å². The third-order valence-corrected chi connectivity index (χ3v) is 3.77. The van der Waals surface area contributed by atoms with Crippen molar-refractivity contribution in [3.63, 3.8) is 0 Å². The highest BCUT2D eigenvalue weighted by Gasteiger charge is 2.33. The third-order valence-electron chi connectivity index (χ3n) is 3.77. The summed E-state index contributed by atoms with van der Waals surface area (Å²) in [5, 5.41) is 0. The molecule has 1 heterocycles. The summed E-state index contributed by atoms with van der Waals surface area (Å²) >= 11 is 0. The number of hydrogen-bond acceptors (Lipinski definition) is 3. The van der Waals surface area contributed by atoms with Crippen LogP contribution in [0.25, 0.3) is 0 Å². The Morgan fingerprint density at radius 1 is 1.35 bits per heavy atom. The van der Waals surface area contributed by atoms with Gasteiger partial charge in [0, 0.05) is 18.7 Å². The molecule has 23 heavy (non-hydrogen) atoms. The number of likely N-dealkylation sites (tertiary alicyclic amines) is 1. The van der Waals surface area contributed by atoms with Gasteiger partial charge >= 0.3 is 12.1 Å². The van der Waals surface area contributed by atoms with Gasteiger partial charge in [-0.25, -0.2) is 0 Å². The van der Waals surface area contributed by atoms with E-state index < -0.39 is 23.6 Å². The number of halogens is 3. The van der Waals surface area contributed by atoms with E-state index >= 15 is 0 Å². The van der Waals surface area contributed by atoms with E-state index in [9.17, 15) is 22.8 Å². The van der Waals surface area contributed by atoms with Gasteiger partial charge in [0.15, 0.2) is 0 Å². The van der Waals surface area contributed by atoms with Crippen LogP contribution in [0, 0.1) is 5.92 Å². The van der Waals surface area contributed by atoms with Crippen molar-refractivity contribution >= 4 is 11.9 Å². The van der Waals surface area contributed by atoms with E-state index in [1.807, 2.05) is 0 Å². The fourth-order valence-electron chi connectivity index (χ4n) is 2.63. The maximum absolute atomic E-state index is 12.7. The summed E-state index contributed by atoms with van der Waals surface area (Å²) in [6.07, 6.45) is -3.26. The van der Waals surface area contributed by atoms with Crippen LogP contribution in [0.2, 0.25) is 0 Å². The van der Waals surface area contributed by atoms with Gasteiger partial charge in [-0.15, -0.1) is 0 Å². The van der Waals surface area contributed by atoms with Crippen molar-refractivity contribution in [2.45, 2.75) is 25.9 Å². The molecule has 2 rings (SSSR count). The van der Waals surface area contributed by atoms with Gasteiger partial charge in [0.2, 0.25) is 0 Å². The molecule has 0 aromatic heterocycles. The minimum Gasteiger partial charge on any atom is -0.466 e. The van der Waals surface area contributed by atoms with E-state index in [4.69, 9.17) is 4.74 Å². The summed E-state index contributed by atoms with van der Waals surface area (Å²) in [6, 6.07) is 4.33. The minimum atomic E-state index is -4.49. The largest absolute Gasteiger partial charge is 0.466 e. The highest BCUT2D eigenvalue weighted by molar-refractivity contribution is 5.94. The smallest absolute Gasteiger partial charge is 0.416 e. The molecule has 0 saturated carbocycles. The Bertz CT molecular complexity index is 586. The molecule has 1 atom stereocenters. The molecule has 1 aromatic carbocycles. The number of carbonyl (C=O) groups excluding carboxylic acids is 2. The SMILES string of the molecule is CCOC(=O)C1CCCN(C(=O)c2cccc(C(F)(F)F)c2)C1. The number of nitrogens with zero attached hydrogens (tertiary/aromatic N) is 1. The molecule has 1 saturated heterocycles. The quantitative estimate of drug-likeness (QED) is 0.801. The van der Waals surface area contributed by atoms with E-state index in [1.165, 1.54) is 17.0 Å². The average molecular weight is 329 g/mol. The maximum Gasteiger partial charge on any atom is 0.416 e. The maximum atomic E-state index is 12.7. The minimum absolute atomic E-state index is 0.0238. The van der Waals surface area contributed by atoms with Gasteiger partial charge in [0.05, 0.1) is 18.1 Å². The van der Waals surface area contributed by atoms with Gasteiger partial charge in [-0.1, -0.05) is 6.07 Å². The van der Waals surface area contributed by atoms with Crippen molar-refractivity contribution in [1.29, 1.82) is 0 Å². The highest BCUT2D eigenvalue weighted by atomic mass is 19.4. The molecule has 4 nitrogen and oxygen atoms in total. The van der Waals surface area contributed by atoms with Crippen molar-refractivity contribution in [3.8, 4) is 0 Å². The van der Waals surface area contributed by atoms with Crippen LogP contribution in [0.1, 0.15) is 35.7 Å². The number of benzene rings is 1. The fourth-order valence-corrected chi connectivity index (χ4v) is 2.63. The number of hydrogen-bond donors (Lipinski definition) is 0. The first-order valence-corrected chi connectivity index (χ1v) is 7.46. The third kappa shape index (κ3) is 4.24. The van der Waals surface area contributed by atoms with E-state index in [-0.39, 0.29) is 24.7 Å². The zero-order valence-electron chi connectivity index (χ0n) is 12.7. The Balaban J connectivity index is 2.12. The molecule has 0 spiro atoms. The van der Waals surface area contributed by atoms with E-state index in [0.29, 0.717) is 19.4 Å². The average Bonchev–Trinajstić information content (AvgIpc) is 2.54. The van der Waals surface area contributed by atoms with Crippen molar-refractivity contribution in [2.24, 2.45) is 5.92 Å². The Morgan fingerprint density at radius 2 is 2.09 bits per heavy atom. The lowest BCUT2D eigenvalue weighted by Crippen LogP contribution is -2.42. The summed E-state index contributed by atoms with van der Waals surface area (Å²) in [6.45, 7) is 2.56. The predicted molar refractivity (Wildman–Crippen MR) is 76.7 cm³/mol. The molecule has 1 aliphatic rings. The predicted octanol–water partition coefficient (Wildman–Crippen LogP) is 3.12. The van der Waals surface area contributed by atoms with Crippen LogP contribution >= 0.6 is 0 Å². The standard InChI is InChI=1S/C16H18F3NO3/c1-2-23-15(22)12-6-4-8-20(10-12)14(21)11-5-3-7-13(9-11)16(17,18)19/h3,5,7,9,12H,2,4,6,8,10H2,1H3. The Hall–Kier alpha value is -2.05. The van der Waals surface area contributed by atoms with Crippen LogP contribution in [0.3, 0.4) is 0 Å². The van der Waals surface area contributed by atoms with Gasteiger partial charge < -0.3 is 9.64 Å².